The van der Waals surface area contributed by atoms with Gasteiger partial charge in [0.1, 0.15) is 0 Å². The van der Waals surface area contributed by atoms with Crippen LogP contribution in [0.25, 0.3) is 0 Å². The van der Waals surface area contributed by atoms with E-state index in [2.05, 4.69) is 63.4 Å². The zero-order valence-electron chi connectivity index (χ0n) is 12.1. The molecule has 0 aromatic rings. The minimum absolute atomic E-state index is 0.183. The Hall–Kier alpha value is 2.93. The molecule has 9 heteroatoms. The van der Waals surface area contributed by atoms with Crippen LogP contribution in [-0.4, -0.2) is 18.3 Å². The summed E-state index contributed by atoms with van der Waals surface area (Å²) in [5.74, 6) is 1.10. The van der Waals surface area contributed by atoms with Gasteiger partial charge in [0.15, 0.2) is 0 Å². The van der Waals surface area contributed by atoms with Crippen molar-refractivity contribution in [3.8, 4) is 0 Å². The van der Waals surface area contributed by atoms with Crippen LogP contribution in [-0.2, 0) is 9.26 Å². The summed E-state index contributed by atoms with van der Waals surface area (Å²) < 4.78 is 12.7. The highest BCUT2D eigenvalue weighted by Gasteiger charge is 2.44. The summed E-state index contributed by atoms with van der Waals surface area (Å²) in [7, 11) is 11.3. The largest absolute Gasteiger partial charge is 0.372 e. The zero-order chi connectivity index (χ0) is 14.7. The lowest BCUT2D eigenvalue weighted by atomic mass is 9.89. The summed E-state index contributed by atoms with van der Waals surface area (Å²) in [6, 6.07) is 0. The van der Waals surface area contributed by atoms with E-state index in [0.29, 0.717) is 17.9 Å². The maximum atomic E-state index is 6.50. The van der Waals surface area contributed by atoms with Crippen molar-refractivity contribution in [1.29, 1.82) is 0 Å². The average Bonchev–Trinajstić information content (AvgIpc) is 2.60. The molecule has 0 saturated carbocycles. The van der Waals surface area contributed by atoms with Crippen molar-refractivity contribution in [2.75, 3.05) is 0 Å². The van der Waals surface area contributed by atoms with Crippen LogP contribution in [0.5, 0.6) is 0 Å². The Morgan fingerprint density at radius 2 is 1.68 bits per heavy atom. The monoisotopic (exact) mass is 396 g/mol. The molecule has 0 aromatic carbocycles. The molecule has 1 aliphatic heterocycles. The second kappa shape index (κ2) is 9.28. The molecule has 0 bridgehead atoms. The fraction of sp³-hybridized carbons (Fsp3) is 1.00. The van der Waals surface area contributed by atoms with E-state index in [-0.39, 0.29) is 33.7 Å². The lowest BCUT2D eigenvalue weighted by Gasteiger charge is -2.31. The molecule has 1 aliphatic rings. The predicted molar refractivity (Wildman–Crippen MR) is 107 cm³/mol. The van der Waals surface area contributed by atoms with Gasteiger partial charge in [-0.1, -0.05) is 27.2 Å². The molecule has 0 N–H and O–H groups in total. The van der Waals surface area contributed by atoms with Crippen molar-refractivity contribution in [2.24, 2.45) is 11.8 Å². The molecule has 0 amide bonds. The lowest BCUT2D eigenvalue weighted by molar-refractivity contribution is 0.00353. The zero-order valence-corrected chi connectivity index (χ0v) is 19.4. The molecule has 1 heterocycles. The van der Waals surface area contributed by atoms with Crippen LogP contribution in [0.2, 0.25) is 0 Å². The van der Waals surface area contributed by atoms with Gasteiger partial charge in [-0.15, -0.1) is 35.7 Å². The molecule has 1 fully saturated rings. The molecule has 0 spiro atoms. The molecule has 5 unspecified atom stereocenters. The standard InChI is InChI=1S/C10H27O2P7/c1-5-6(2)9-7(3)10(8(4)11-9)12-17(18(13)14)19(15)16/h6-10H,5,13-16H2,1-4H3/t6-,7-,8+,9+,10?/m1/s1. The molecule has 114 valence electrons. The Labute approximate surface area is 131 Å². The van der Waals surface area contributed by atoms with Crippen LogP contribution < -0.4 is 0 Å². The molecule has 9 atom stereocenters. The van der Waals surface area contributed by atoms with E-state index in [1.54, 1.807) is 0 Å². The topological polar surface area (TPSA) is 18.5 Å². The maximum absolute atomic E-state index is 6.50. The van der Waals surface area contributed by atoms with Gasteiger partial charge in [0.25, 0.3) is 0 Å². The summed E-state index contributed by atoms with van der Waals surface area (Å²) in [5.41, 5.74) is 0. The van der Waals surface area contributed by atoms with Gasteiger partial charge in [0, 0.05) is 5.92 Å². The minimum atomic E-state index is -0.384. The van der Waals surface area contributed by atoms with Crippen molar-refractivity contribution in [3.05, 3.63) is 0 Å². The van der Waals surface area contributed by atoms with Gasteiger partial charge in [-0.05, 0) is 26.8 Å². The molecule has 0 aromatic heterocycles. The summed E-state index contributed by atoms with van der Waals surface area (Å²) in [4.78, 5) is 0. The molecule has 0 radical (unpaired) electrons. The number of ether oxygens (including phenoxy) is 1. The first-order valence-electron chi connectivity index (χ1n) is 6.50. The average molecular weight is 396 g/mol. The molecular formula is C10H27O2P7. The highest BCUT2D eigenvalue weighted by molar-refractivity contribution is 8.96. The quantitative estimate of drug-likeness (QED) is 0.499. The van der Waals surface area contributed by atoms with E-state index >= 15 is 0 Å². The van der Waals surface area contributed by atoms with Gasteiger partial charge in [-0.25, -0.2) is 0 Å². The van der Waals surface area contributed by atoms with Crippen molar-refractivity contribution in [1.82, 2.24) is 0 Å². The predicted octanol–water partition coefficient (Wildman–Crippen LogP) is 6.19. The number of rotatable bonds is 6. The van der Waals surface area contributed by atoms with Crippen LogP contribution in [0.4, 0.5) is 0 Å². The fourth-order valence-corrected chi connectivity index (χ4v) is 35.4. The van der Waals surface area contributed by atoms with Crippen LogP contribution in [0, 0.1) is 11.8 Å². The molecule has 19 heavy (non-hydrogen) atoms. The molecule has 0 aliphatic carbocycles. The number of hydrogen-bond donors (Lipinski definition) is 0. The molecule has 1 rings (SSSR count). The van der Waals surface area contributed by atoms with Crippen LogP contribution in [0.15, 0.2) is 0 Å². The molecular weight excluding hydrogens is 369 g/mol. The highest BCUT2D eigenvalue weighted by atomic mass is 33.0. The van der Waals surface area contributed by atoms with Crippen LogP contribution in [0.1, 0.15) is 34.1 Å². The van der Waals surface area contributed by atoms with Crippen LogP contribution >= 0.6 is 57.2 Å². The first-order valence-corrected chi connectivity index (χ1v) is 18.3. The number of hydrogen-bond acceptors (Lipinski definition) is 2. The maximum Gasteiger partial charge on any atom is 0.0936 e. The lowest BCUT2D eigenvalue weighted by Crippen LogP contribution is -2.28. The van der Waals surface area contributed by atoms with E-state index in [1.807, 2.05) is 0 Å². The van der Waals surface area contributed by atoms with E-state index in [0.717, 1.165) is 0 Å². The highest BCUT2D eigenvalue weighted by Crippen LogP contribution is 2.98. The molecule has 2 nitrogen and oxygen atoms in total. The van der Waals surface area contributed by atoms with Crippen molar-refractivity contribution in [3.63, 3.8) is 0 Å². The SMILES string of the molecule is CC[C@@H](C)[C@@H]1O[C@@H](C)C(OP(P(P)P)P(P)P)[C@@H]1C. The Kier molecular flexibility index (Phi) is 9.76. The van der Waals surface area contributed by atoms with Gasteiger partial charge >= 0.3 is 0 Å². The van der Waals surface area contributed by atoms with E-state index in [4.69, 9.17) is 9.26 Å². The van der Waals surface area contributed by atoms with E-state index in [9.17, 15) is 0 Å². The summed E-state index contributed by atoms with van der Waals surface area (Å²) in [6.07, 6.45) is 1.99. The van der Waals surface area contributed by atoms with Crippen molar-refractivity contribution < 1.29 is 9.26 Å². The normalized spacial score (nSPS) is 33.6. The van der Waals surface area contributed by atoms with Crippen molar-refractivity contribution >= 4 is 57.2 Å². The van der Waals surface area contributed by atoms with Gasteiger partial charge in [-0.2, -0.15) is 0 Å². The summed E-state index contributed by atoms with van der Waals surface area (Å²) >= 11 is 0. The third-order valence-corrected chi connectivity index (χ3v) is 26.1. The smallest absolute Gasteiger partial charge is 0.0936 e. The van der Waals surface area contributed by atoms with Gasteiger partial charge in [0.2, 0.25) is 0 Å². The van der Waals surface area contributed by atoms with Gasteiger partial charge in [0.05, 0.1) is 25.8 Å². The second-order valence-corrected chi connectivity index (χ2v) is 28.7. The second-order valence-electron chi connectivity index (χ2n) is 5.13. The van der Waals surface area contributed by atoms with Gasteiger partial charge in [-0.3, -0.25) is 0 Å². The Bertz CT molecular complexity index is 271. The first kappa shape index (κ1) is 20.0. The Morgan fingerprint density at radius 3 is 2.11 bits per heavy atom. The minimum Gasteiger partial charge on any atom is -0.372 e. The summed E-state index contributed by atoms with van der Waals surface area (Å²) in [6.45, 7) is 8.62. The van der Waals surface area contributed by atoms with E-state index in [1.165, 1.54) is 6.42 Å². The Balaban J connectivity index is 2.72. The van der Waals surface area contributed by atoms with Crippen LogP contribution in [0.3, 0.4) is 0 Å². The molecule has 1 saturated heterocycles. The third kappa shape index (κ3) is 5.50. The van der Waals surface area contributed by atoms with Gasteiger partial charge < -0.3 is 9.26 Å². The van der Waals surface area contributed by atoms with Crippen molar-refractivity contribution in [2.45, 2.75) is 52.4 Å². The third-order valence-electron chi connectivity index (χ3n) is 3.69. The first-order chi connectivity index (χ1) is 8.79. The van der Waals surface area contributed by atoms with E-state index < -0.39 is 0 Å². The Morgan fingerprint density at radius 1 is 1.16 bits per heavy atom. The fourth-order valence-electron chi connectivity index (χ4n) is 2.47. The summed E-state index contributed by atoms with van der Waals surface area (Å²) in [5, 5.41) is 0.